The molecule has 1 saturated heterocycles. The summed E-state index contributed by atoms with van der Waals surface area (Å²) >= 11 is 0. The Hall–Kier alpha value is -2.38. The summed E-state index contributed by atoms with van der Waals surface area (Å²) in [6.07, 6.45) is 2.87. The predicted octanol–water partition coefficient (Wildman–Crippen LogP) is 3.46. The lowest BCUT2D eigenvalue weighted by Gasteiger charge is -2.26. The molecule has 1 heterocycles. The molecule has 1 fully saturated rings. The molecule has 2 N–H and O–H groups in total. The highest BCUT2D eigenvalue weighted by atomic mass is 32.2. The minimum absolute atomic E-state index is 0.0746. The molecule has 0 aliphatic carbocycles. The van der Waals surface area contributed by atoms with Crippen molar-refractivity contribution in [1.29, 1.82) is 0 Å². The minimum atomic E-state index is -3.50. The summed E-state index contributed by atoms with van der Waals surface area (Å²) in [7, 11) is -3.50. The molecular formula is C22H29N3O3S. The molecule has 1 atom stereocenters. The smallest absolute Gasteiger partial charge is 0.243 e. The van der Waals surface area contributed by atoms with Gasteiger partial charge in [-0.2, -0.15) is 4.31 Å². The average Bonchev–Trinajstić information content (AvgIpc) is 2.74. The standard InChI is InChI=1S/C22H29N3O3S/c1-17-11-12-20(29(27,28)25-13-7-4-8-14-25)15-21(17)23-16-22(26)24-18(2)19-9-5-3-6-10-19/h3,5-6,9-12,15,18,23H,4,7-8,13-14,16H2,1-2H3,(H,24,26)/t18-/m0/s1. The minimum Gasteiger partial charge on any atom is -0.376 e. The fourth-order valence-corrected chi connectivity index (χ4v) is 5.04. The van der Waals surface area contributed by atoms with Gasteiger partial charge < -0.3 is 10.6 Å². The molecule has 0 radical (unpaired) electrons. The second-order valence-corrected chi connectivity index (χ2v) is 9.43. The Labute approximate surface area is 173 Å². The SMILES string of the molecule is Cc1ccc(S(=O)(=O)N2CCCCC2)cc1NCC(=O)N[C@@H](C)c1ccccc1. The van der Waals surface area contributed by atoms with E-state index in [0.717, 1.165) is 30.4 Å². The molecule has 0 saturated carbocycles. The molecule has 6 nitrogen and oxygen atoms in total. The van der Waals surface area contributed by atoms with Crippen molar-refractivity contribution in [2.75, 3.05) is 25.0 Å². The van der Waals surface area contributed by atoms with Crippen molar-refractivity contribution in [3.8, 4) is 0 Å². The molecule has 1 aliphatic heterocycles. The Balaban J connectivity index is 1.65. The van der Waals surface area contributed by atoms with E-state index in [4.69, 9.17) is 0 Å². The van der Waals surface area contributed by atoms with Crippen LogP contribution in [0.4, 0.5) is 5.69 Å². The first-order chi connectivity index (χ1) is 13.9. The van der Waals surface area contributed by atoms with Crippen molar-refractivity contribution in [2.24, 2.45) is 0 Å². The maximum Gasteiger partial charge on any atom is 0.243 e. The van der Waals surface area contributed by atoms with E-state index >= 15 is 0 Å². The number of anilines is 1. The Morgan fingerprint density at radius 1 is 1.07 bits per heavy atom. The van der Waals surface area contributed by atoms with E-state index < -0.39 is 10.0 Å². The number of hydrogen-bond acceptors (Lipinski definition) is 4. The van der Waals surface area contributed by atoms with Gasteiger partial charge in [0.1, 0.15) is 0 Å². The highest BCUT2D eigenvalue weighted by molar-refractivity contribution is 7.89. The first-order valence-electron chi connectivity index (χ1n) is 10.1. The first kappa shape index (κ1) is 21.3. The monoisotopic (exact) mass is 415 g/mol. The molecule has 2 aromatic carbocycles. The van der Waals surface area contributed by atoms with E-state index in [-0.39, 0.29) is 23.4 Å². The quantitative estimate of drug-likeness (QED) is 0.726. The molecule has 0 bridgehead atoms. The maximum absolute atomic E-state index is 12.9. The summed E-state index contributed by atoms with van der Waals surface area (Å²) in [5, 5.41) is 6.04. The van der Waals surface area contributed by atoms with Crippen molar-refractivity contribution >= 4 is 21.6 Å². The van der Waals surface area contributed by atoms with Crippen LogP contribution in [0.25, 0.3) is 0 Å². The maximum atomic E-state index is 12.9. The van der Waals surface area contributed by atoms with Crippen LogP contribution in [0.5, 0.6) is 0 Å². The number of sulfonamides is 1. The van der Waals surface area contributed by atoms with E-state index in [1.807, 2.05) is 44.2 Å². The Morgan fingerprint density at radius 3 is 2.45 bits per heavy atom. The van der Waals surface area contributed by atoms with Gasteiger partial charge in [-0.1, -0.05) is 42.8 Å². The van der Waals surface area contributed by atoms with Crippen LogP contribution < -0.4 is 10.6 Å². The van der Waals surface area contributed by atoms with E-state index in [0.29, 0.717) is 18.8 Å². The van der Waals surface area contributed by atoms with Gasteiger partial charge in [-0.15, -0.1) is 0 Å². The predicted molar refractivity (Wildman–Crippen MR) is 115 cm³/mol. The van der Waals surface area contributed by atoms with Crippen molar-refractivity contribution < 1.29 is 13.2 Å². The van der Waals surface area contributed by atoms with Gasteiger partial charge in [0.05, 0.1) is 17.5 Å². The van der Waals surface area contributed by atoms with Crippen LogP contribution >= 0.6 is 0 Å². The average molecular weight is 416 g/mol. The van der Waals surface area contributed by atoms with E-state index in [1.54, 1.807) is 22.5 Å². The molecule has 7 heteroatoms. The van der Waals surface area contributed by atoms with Crippen LogP contribution in [0.15, 0.2) is 53.4 Å². The number of carbonyl (C=O) groups excluding carboxylic acids is 1. The number of carbonyl (C=O) groups is 1. The molecule has 0 spiro atoms. The van der Waals surface area contributed by atoms with Crippen molar-refractivity contribution in [3.05, 3.63) is 59.7 Å². The van der Waals surface area contributed by atoms with Gasteiger partial charge in [0.15, 0.2) is 0 Å². The summed E-state index contributed by atoms with van der Waals surface area (Å²) in [5.41, 5.74) is 2.59. The normalized spacial score (nSPS) is 16.2. The van der Waals surface area contributed by atoms with Gasteiger partial charge in [-0.05, 0) is 49.9 Å². The lowest BCUT2D eigenvalue weighted by Crippen LogP contribution is -2.35. The molecule has 3 rings (SSSR count). The zero-order chi connectivity index (χ0) is 20.9. The second-order valence-electron chi connectivity index (χ2n) is 7.49. The van der Waals surface area contributed by atoms with E-state index in [1.165, 1.54) is 0 Å². The van der Waals surface area contributed by atoms with Gasteiger partial charge >= 0.3 is 0 Å². The highest BCUT2D eigenvalue weighted by Crippen LogP contribution is 2.25. The molecular weight excluding hydrogens is 386 g/mol. The molecule has 1 amide bonds. The van der Waals surface area contributed by atoms with E-state index in [2.05, 4.69) is 10.6 Å². The first-order valence-corrected chi connectivity index (χ1v) is 11.5. The number of aryl methyl sites for hydroxylation is 1. The Morgan fingerprint density at radius 2 is 1.76 bits per heavy atom. The molecule has 0 unspecified atom stereocenters. The number of piperidine rings is 1. The van der Waals surface area contributed by atoms with Crippen LogP contribution in [0.2, 0.25) is 0 Å². The van der Waals surface area contributed by atoms with Crippen molar-refractivity contribution in [2.45, 2.75) is 44.0 Å². The van der Waals surface area contributed by atoms with Gasteiger partial charge in [0, 0.05) is 18.8 Å². The van der Waals surface area contributed by atoms with Gasteiger partial charge in [-0.25, -0.2) is 8.42 Å². The van der Waals surface area contributed by atoms with E-state index in [9.17, 15) is 13.2 Å². The second kappa shape index (κ2) is 9.41. The molecule has 2 aromatic rings. The molecule has 1 aliphatic rings. The highest BCUT2D eigenvalue weighted by Gasteiger charge is 2.26. The van der Waals surface area contributed by atoms with Gasteiger partial charge in [0.25, 0.3) is 0 Å². The summed E-state index contributed by atoms with van der Waals surface area (Å²) < 4.78 is 27.4. The number of benzene rings is 2. The fourth-order valence-electron chi connectivity index (χ4n) is 3.50. The van der Waals surface area contributed by atoms with Crippen molar-refractivity contribution in [3.63, 3.8) is 0 Å². The van der Waals surface area contributed by atoms with Crippen LogP contribution in [0.1, 0.15) is 43.4 Å². The van der Waals surface area contributed by atoms with Crippen LogP contribution in [-0.2, 0) is 14.8 Å². The van der Waals surface area contributed by atoms with Gasteiger partial charge in [0.2, 0.25) is 15.9 Å². The molecule has 0 aromatic heterocycles. The third-order valence-corrected chi connectivity index (χ3v) is 7.17. The summed E-state index contributed by atoms with van der Waals surface area (Å²) in [5.74, 6) is -0.148. The van der Waals surface area contributed by atoms with Crippen LogP contribution in [0.3, 0.4) is 0 Å². The number of nitrogens with zero attached hydrogens (tertiary/aromatic N) is 1. The van der Waals surface area contributed by atoms with Crippen molar-refractivity contribution in [1.82, 2.24) is 9.62 Å². The third-order valence-electron chi connectivity index (χ3n) is 5.28. The van der Waals surface area contributed by atoms with Gasteiger partial charge in [-0.3, -0.25) is 4.79 Å². The number of nitrogens with one attached hydrogen (secondary N) is 2. The summed E-state index contributed by atoms with van der Waals surface area (Å²) in [4.78, 5) is 12.6. The lowest BCUT2D eigenvalue weighted by molar-refractivity contribution is -0.120. The Kier molecular flexibility index (Phi) is 6.92. The zero-order valence-electron chi connectivity index (χ0n) is 17.0. The fraction of sp³-hybridized carbons (Fsp3) is 0.409. The number of hydrogen-bond donors (Lipinski definition) is 2. The Bertz CT molecular complexity index is 939. The largest absolute Gasteiger partial charge is 0.376 e. The third kappa shape index (κ3) is 5.36. The number of amides is 1. The molecule has 156 valence electrons. The molecule has 29 heavy (non-hydrogen) atoms. The topological polar surface area (TPSA) is 78.5 Å². The lowest BCUT2D eigenvalue weighted by atomic mass is 10.1. The summed E-state index contributed by atoms with van der Waals surface area (Å²) in [6.45, 7) is 5.04. The number of rotatable bonds is 7. The van der Waals surface area contributed by atoms with Crippen LogP contribution in [0, 0.1) is 6.92 Å². The zero-order valence-corrected chi connectivity index (χ0v) is 17.8. The summed E-state index contributed by atoms with van der Waals surface area (Å²) in [6, 6.07) is 14.7. The van der Waals surface area contributed by atoms with Crippen LogP contribution in [-0.4, -0.2) is 38.3 Å².